The van der Waals surface area contributed by atoms with Crippen LogP contribution < -0.4 is 0 Å². The van der Waals surface area contributed by atoms with Crippen molar-refractivity contribution >= 4 is 5.71 Å². The normalized spacial score (nSPS) is 24.3. The summed E-state index contributed by atoms with van der Waals surface area (Å²) in [6.07, 6.45) is 27.4. The number of hydrogen-bond acceptors (Lipinski definition) is 1. The zero-order valence-electron chi connectivity index (χ0n) is 23.2. The molecule has 2 aliphatic carbocycles. The van der Waals surface area contributed by atoms with Gasteiger partial charge in [-0.2, -0.15) is 0 Å². The molecule has 194 valence electrons. The van der Waals surface area contributed by atoms with Gasteiger partial charge in [0.1, 0.15) is 0 Å². The van der Waals surface area contributed by atoms with E-state index in [2.05, 4.69) is 94.1 Å². The van der Waals surface area contributed by atoms with Gasteiger partial charge in [0.05, 0.1) is 0 Å². The lowest BCUT2D eigenvalue weighted by Gasteiger charge is -2.45. The van der Waals surface area contributed by atoms with Crippen molar-refractivity contribution in [3.8, 4) is 0 Å². The lowest BCUT2D eigenvalue weighted by atomic mass is 9.59. The van der Waals surface area contributed by atoms with Gasteiger partial charge in [-0.1, -0.05) is 107 Å². The Morgan fingerprint density at radius 1 is 1.06 bits per heavy atom. The van der Waals surface area contributed by atoms with E-state index in [0.717, 1.165) is 37.2 Å². The molecule has 0 aromatic heterocycles. The summed E-state index contributed by atoms with van der Waals surface area (Å²) in [5.41, 5.74) is 6.07. The van der Waals surface area contributed by atoms with Gasteiger partial charge in [0.2, 0.25) is 0 Å². The number of rotatable bonds is 13. The quantitative estimate of drug-likeness (QED) is 0.213. The van der Waals surface area contributed by atoms with Crippen molar-refractivity contribution in [3.63, 3.8) is 0 Å². The van der Waals surface area contributed by atoms with Crippen LogP contribution in [0, 0.1) is 16.7 Å². The van der Waals surface area contributed by atoms with Crippen LogP contribution in [0.4, 0.5) is 0 Å². The van der Waals surface area contributed by atoms with E-state index in [-0.39, 0.29) is 0 Å². The van der Waals surface area contributed by atoms with Gasteiger partial charge in [0.25, 0.3) is 0 Å². The minimum Gasteiger partial charge on any atom is -0.305 e. The molecule has 1 nitrogen and oxygen atoms in total. The Bertz CT molecular complexity index is 973. The fourth-order valence-electron chi connectivity index (χ4n) is 6.74. The molecule has 0 bridgehead atoms. The maximum atomic E-state index is 8.79. The van der Waals surface area contributed by atoms with E-state index in [4.69, 9.17) is 5.41 Å². The van der Waals surface area contributed by atoms with Gasteiger partial charge < -0.3 is 5.41 Å². The monoisotopic (exact) mass is 483 g/mol. The largest absolute Gasteiger partial charge is 0.305 e. The maximum absolute atomic E-state index is 8.79. The second-order valence-electron chi connectivity index (χ2n) is 11.2. The van der Waals surface area contributed by atoms with E-state index in [1.165, 1.54) is 68.1 Å². The van der Waals surface area contributed by atoms with Gasteiger partial charge in [0, 0.05) is 5.71 Å². The average Bonchev–Trinajstić information content (AvgIpc) is 3.17. The molecule has 1 aromatic rings. The molecule has 0 saturated heterocycles. The van der Waals surface area contributed by atoms with Crippen LogP contribution in [0.15, 0.2) is 90.1 Å². The summed E-state index contributed by atoms with van der Waals surface area (Å²) in [4.78, 5) is 0. The second kappa shape index (κ2) is 14.4. The first-order valence-electron chi connectivity index (χ1n) is 14.6. The molecule has 0 radical (unpaired) electrons. The van der Waals surface area contributed by atoms with Crippen LogP contribution in [-0.2, 0) is 0 Å². The predicted octanol–water partition coefficient (Wildman–Crippen LogP) is 10.7. The van der Waals surface area contributed by atoms with Crippen LogP contribution in [0.5, 0.6) is 0 Å². The molecule has 0 amide bonds. The van der Waals surface area contributed by atoms with Crippen molar-refractivity contribution in [2.75, 3.05) is 0 Å². The van der Waals surface area contributed by atoms with Crippen molar-refractivity contribution in [1.82, 2.24) is 0 Å². The molecule has 0 heterocycles. The highest BCUT2D eigenvalue weighted by Crippen LogP contribution is 2.52. The molecule has 1 heteroatoms. The van der Waals surface area contributed by atoms with Crippen molar-refractivity contribution in [3.05, 3.63) is 95.6 Å². The topological polar surface area (TPSA) is 23.9 Å². The van der Waals surface area contributed by atoms with E-state index in [9.17, 15) is 0 Å². The van der Waals surface area contributed by atoms with E-state index < -0.39 is 0 Å². The summed E-state index contributed by atoms with van der Waals surface area (Å²) < 4.78 is 0. The highest BCUT2D eigenvalue weighted by Gasteiger charge is 2.39. The van der Waals surface area contributed by atoms with Gasteiger partial charge in [-0.25, -0.2) is 0 Å². The highest BCUT2D eigenvalue weighted by molar-refractivity contribution is 5.99. The van der Waals surface area contributed by atoms with Crippen LogP contribution in [0.25, 0.3) is 0 Å². The van der Waals surface area contributed by atoms with Crippen molar-refractivity contribution < 1.29 is 0 Å². The van der Waals surface area contributed by atoms with Crippen molar-refractivity contribution in [2.24, 2.45) is 11.3 Å². The van der Waals surface area contributed by atoms with Crippen LogP contribution in [0.2, 0.25) is 0 Å². The first-order valence-corrected chi connectivity index (χ1v) is 14.6. The average molecular weight is 484 g/mol. The summed E-state index contributed by atoms with van der Waals surface area (Å²) in [6.45, 7) is 11.2. The summed E-state index contributed by atoms with van der Waals surface area (Å²) >= 11 is 0. The fourth-order valence-corrected chi connectivity index (χ4v) is 6.74. The first-order chi connectivity index (χ1) is 17.5. The highest BCUT2D eigenvalue weighted by atomic mass is 14.5. The SMILES string of the molecule is C=C(/C=C(/CC)C1=CC=CCC=C1)C(=N)CCCC1(CCC)CC(CCC)CC(c2ccccc2)C1. The molecule has 1 saturated carbocycles. The van der Waals surface area contributed by atoms with E-state index >= 15 is 0 Å². The predicted molar refractivity (Wildman–Crippen MR) is 159 cm³/mol. The molecule has 36 heavy (non-hydrogen) atoms. The first kappa shape index (κ1) is 28.2. The van der Waals surface area contributed by atoms with E-state index in [1.54, 1.807) is 0 Å². The molecule has 1 fully saturated rings. The van der Waals surface area contributed by atoms with Crippen LogP contribution in [0.3, 0.4) is 0 Å². The van der Waals surface area contributed by atoms with Crippen LogP contribution >= 0.6 is 0 Å². The second-order valence-corrected chi connectivity index (χ2v) is 11.2. The van der Waals surface area contributed by atoms with E-state index in [0.29, 0.717) is 17.0 Å². The molecular weight excluding hydrogens is 434 g/mol. The summed E-state index contributed by atoms with van der Waals surface area (Å²) in [6, 6.07) is 11.3. The Labute approximate surface area is 221 Å². The summed E-state index contributed by atoms with van der Waals surface area (Å²) in [7, 11) is 0. The Morgan fingerprint density at radius 2 is 1.86 bits per heavy atom. The number of benzene rings is 1. The molecule has 3 unspecified atom stereocenters. The lowest BCUT2D eigenvalue weighted by molar-refractivity contribution is 0.0896. The van der Waals surface area contributed by atoms with Crippen molar-refractivity contribution in [1.29, 1.82) is 5.41 Å². The third-order valence-electron chi connectivity index (χ3n) is 8.37. The zero-order valence-corrected chi connectivity index (χ0v) is 23.2. The van der Waals surface area contributed by atoms with Gasteiger partial charge in [-0.15, -0.1) is 0 Å². The zero-order chi connectivity index (χ0) is 25.8. The Kier molecular flexibility index (Phi) is 11.2. The van der Waals surface area contributed by atoms with E-state index in [1.807, 2.05) is 0 Å². The van der Waals surface area contributed by atoms with Gasteiger partial charge in [-0.3, -0.25) is 0 Å². The number of nitrogens with one attached hydrogen (secondary N) is 1. The molecule has 3 atom stereocenters. The third kappa shape index (κ3) is 8.05. The smallest absolute Gasteiger partial charge is 0.0380 e. The Balaban J connectivity index is 1.67. The molecule has 0 aliphatic heterocycles. The standard InChI is InChI=1S/C35H49N/c1-5-16-29-25-33(32-19-13-10-14-20-32)27-35(26-29,22-6-2)23-15-21-34(36)28(4)24-30(7-3)31-17-11-8-9-12-18-31/h8,10-14,17-20,24,29,33,36H,4-7,9,15-16,21-23,25-27H2,1-3H3/b30-24-,36-34?. The van der Waals surface area contributed by atoms with Gasteiger partial charge in [0.15, 0.2) is 0 Å². The molecule has 2 aliphatic rings. The molecule has 1 aromatic carbocycles. The summed E-state index contributed by atoms with van der Waals surface area (Å²) in [5.74, 6) is 1.52. The lowest BCUT2D eigenvalue weighted by Crippen LogP contribution is -2.33. The third-order valence-corrected chi connectivity index (χ3v) is 8.37. The molecule has 0 spiro atoms. The van der Waals surface area contributed by atoms with Crippen LogP contribution in [-0.4, -0.2) is 5.71 Å². The Hall–Kier alpha value is -2.41. The molecule has 3 rings (SSSR count). The maximum Gasteiger partial charge on any atom is 0.0380 e. The molecule has 1 N–H and O–H groups in total. The number of allylic oxidation sites excluding steroid dienone is 9. The van der Waals surface area contributed by atoms with Crippen molar-refractivity contribution in [2.45, 2.75) is 104 Å². The van der Waals surface area contributed by atoms with Gasteiger partial charge in [-0.05, 0) is 103 Å². The fraction of sp³-hybridized carbons (Fsp3) is 0.514. The minimum atomic E-state index is 0.418. The Morgan fingerprint density at radius 3 is 2.58 bits per heavy atom. The summed E-state index contributed by atoms with van der Waals surface area (Å²) in [5, 5.41) is 8.79. The minimum absolute atomic E-state index is 0.418. The number of hydrogen-bond donors (Lipinski definition) is 1. The van der Waals surface area contributed by atoms with Crippen LogP contribution in [0.1, 0.15) is 109 Å². The van der Waals surface area contributed by atoms with Gasteiger partial charge >= 0.3 is 0 Å². The molecular formula is C35H49N.